The van der Waals surface area contributed by atoms with Crippen LogP contribution in [0.1, 0.15) is 48.0 Å². The number of guanidine groups is 1. The first kappa shape index (κ1) is 21.7. The molecule has 0 rings (SSSR count). The van der Waals surface area contributed by atoms with Gasteiger partial charge in [0.15, 0.2) is 5.96 Å². The highest BCUT2D eigenvalue weighted by molar-refractivity contribution is 5.81. The molecule has 6 nitrogen and oxygen atoms in total. The minimum Gasteiger partial charge on any atom is -0.357 e. The minimum absolute atomic E-state index is 0.190. The van der Waals surface area contributed by atoms with Crippen molar-refractivity contribution < 1.29 is 4.79 Å². The Kier molecular flexibility index (Phi) is 12.4. The van der Waals surface area contributed by atoms with E-state index < -0.39 is 0 Å². The molecule has 0 spiro atoms. The molecule has 0 aromatic rings. The fraction of sp³-hybridized carbons (Fsp3) is 0.882. The Morgan fingerprint density at radius 2 is 1.70 bits per heavy atom. The fourth-order valence-corrected chi connectivity index (χ4v) is 2.44. The van der Waals surface area contributed by atoms with E-state index in [0.717, 1.165) is 45.2 Å². The van der Waals surface area contributed by atoms with Crippen LogP contribution in [-0.4, -0.2) is 73.5 Å². The van der Waals surface area contributed by atoms with E-state index in [9.17, 15) is 4.79 Å². The lowest BCUT2D eigenvalue weighted by Crippen LogP contribution is -2.41. The van der Waals surface area contributed by atoms with Crippen molar-refractivity contribution in [2.75, 3.05) is 45.8 Å². The van der Waals surface area contributed by atoms with Gasteiger partial charge in [0.1, 0.15) is 0 Å². The number of aliphatic imine (C=N–C) groups is 1. The molecule has 0 aromatic heterocycles. The molecule has 0 unspecified atom stereocenters. The maximum atomic E-state index is 12.0. The molecule has 2 N–H and O–H groups in total. The molecule has 0 saturated heterocycles. The Labute approximate surface area is 142 Å². The third kappa shape index (κ3) is 9.43. The van der Waals surface area contributed by atoms with E-state index in [1.54, 1.807) is 0 Å². The van der Waals surface area contributed by atoms with Crippen LogP contribution < -0.4 is 10.6 Å². The van der Waals surface area contributed by atoms with Gasteiger partial charge in [0, 0.05) is 45.2 Å². The van der Waals surface area contributed by atoms with Crippen molar-refractivity contribution in [2.45, 2.75) is 54.0 Å². The Hall–Kier alpha value is -1.30. The summed E-state index contributed by atoms with van der Waals surface area (Å²) in [5.41, 5.74) is 0. The number of hydrogen-bond acceptors (Lipinski definition) is 3. The van der Waals surface area contributed by atoms with E-state index in [2.05, 4.69) is 41.3 Å². The third-order valence-electron chi connectivity index (χ3n) is 3.89. The zero-order valence-corrected chi connectivity index (χ0v) is 16.0. The molecular weight excluding hydrogens is 290 g/mol. The quantitative estimate of drug-likeness (QED) is 0.446. The van der Waals surface area contributed by atoms with E-state index in [1.165, 1.54) is 0 Å². The highest BCUT2D eigenvalue weighted by Crippen LogP contribution is 1.96. The van der Waals surface area contributed by atoms with Gasteiger partial charge in [0.2, 0.25) is 5.91 Å². The predicted octanol–water partition coefficient (Wildman–Crippen LogP) is 1.53. The summed E-state index contributed by atoms with van der Waals surface area (Å²) in [4.78, 5) is 20.8. The second-order valence-electron chi connectivity index (χ2n) is 5.73. The first-order valence-corrected chi connectivity index (χ1v) is 9.03. The van der Waals surface area contributed by atoms with Crippen molar-refractivity contribution in [1.29, 1.82) is 0 Å². The lowest BCUT2D eigenvalue weighted by atomic mass is 10.3. The van der Waals surface area contributed by atoms with Gasteiger partial charge in [0.25, 0.3) is 0 Å². The van der Waals surface area contributed by atoms with Crippen LogP contribution in [0.25, 0.3) is 0 Å². The molecule has 0 saturated carbocycles. The highest BCUT2D eigenvalue weighted by atomic mass is 16.2. The Morgan fingerprint density at radius 1 is 1.04 bits per heavy atom. The predicted molar refractivity (Wildman–Crippen MR) is 98.9 cm³/mol. The molecule has 0 aliphatic rings. The molecule has 23 heavy (non-hydrogen) atoms. The Morgan fingerprint density at radius 3 is 2.17 bits per heavy atom. The van der Waals surface area contributed by atoms with Crippen LogP contribution in [-0.2, 0) is 4.79 Å². The SMILES string of the molecule is CCNC(=NCCN(CC)C(C)C)NCCC(=O)N(CC)CC. The van der Waals surface area contributed by atoms with Crippen molar-refractivity contribution in [3.8, 4) is 0 Å². The van der Waals surface area contributed by atoms with Crippen LogP contribution in [0.2, 0.25) is 0 Å². The van der Waals surface area contributed by atoms with Crippen molar-refractivity contribution in [2.24, 2.45) is 4.99 Å². The van der Waals surface area contributed by atoms with E-state index in [-0.39, 0.29) is 5.91 Å². The van der Waals surface area contributed by atoms with Crippen molar-refractivity contribution >= 4 is 11.9 Å². The Bertz CT molecular complexity index is 340. The number of carbonyl (C=O) groups excluding carboxylic acids is 1. The number of nitrogens with one attached hydrogen (secondary N) is 2. The van der Waals surface area contributed by atoms with Gasteiger partial charge >= 0.3 is 0 Å². The summed E-state index contributed by atoms with van der Waals surface area (Å²) >= 11 is 0. The molecular formula is C17H37N5O. The summed E-state index contributed by atoms with van der Waals surface area (Å²) in [6.07, 6.45) is 0.499. The Balaban J connectivity index is 4.29. The summed E-state index contributed by atoms with van der Waals surface area (Å²) in [5, 5.41) is 6.48. The van der Waals surface area contributed by atoms with Gasteiger partial charge in [-0.05, 0) is 41.2 Å². The minimum atomic E-state index is 0.190. The molecule has 1 amide bonds. The number of nitrogens with zero attached hydrogens (tertiary/aromatic N) is 3. The van der Waals surface area contributed by atoms with Crippen LogP contribution in [0, 0.1) is 0 Å². The van der Waals surface area contributed by atoms with Crippen LogP contribution in [0.4, 0.5) is 0 Å². The van der Waals surface area contributed by atoms with Gasteiger partial charge in [-0.1, -0.05) is 6.92 Å². The fourth-order valence-electron chi connectivity index (χ4n) is 2.44. The molecule has 0 radical (unpaired) electrons. The second kappa shape index (κ2) is 13.2. The molecule has 0 aromatic carbocycles. The van der Waals surface area contributed by atoms with Crippen molar-refractivity contribution in [3.63, 3.8) is 0 Å². The second-order valence-corrected chi connectivity index (χ2v) is 5.73. The maximum Gasteiger partial charge on any atom is 0.224 e. The van der Waals surface area contributed by atoms with Crippen LogP contribution in [0.15, 0.2) is 4.99 Å². The van der Waals surface area contributed by atoms with Crippen molar-refractivity contribution in [1.82, 2.24) is 20.4 Å². The summed E-state index contributed by atoms with van der Waals surface area (Å²) in [6, 6.07) is 0.539. The third-order valence-corrected chi connectivity index (χ3v) is 3.89. The van der Waals surface area contributed by atoms with E-state index in [1.807, 2.05) is 25.7 Å². The molecule has 6 heteroatoms. The lowest BCUT2D eigenvalue weighted by molar-refractivity contribution is -0.130. The molecule has 0 aliphatic carbocycles. The summed E-state index contributed by atoms with van der Waals surface area (Å²) in [7, 11) is 0. The summed E-state index contributed by atoms with van der Waals surface area (Å²) in [5.74, 6) is 0.981. The van der Waals surface area contributed by atoms with Gasteiger partial charge in [-0.15, -0.1) is 0 Å². The average Bonchev–Trinajstić information content (AvgIpc) is 2.52. The number of carbonyl (C=O) groups is 1. The first-order chi connectivity index (χ1) is 11.0. The van der Waals surface area contributed by atoms with Gasteiger partial charge in [-0.25, -0.2) is 0 Å². The number of likely N-dealkylation sites (N-methyl/N-ethyl adjacent to an activating group) is 1. The number of rotatable bonds is 11. The molecule has 0 aliphatic heterocycles. The molecule has 0 atom stereocenters. The monoisotopic (exact) mass is 327 g/mol. The van der Waals surface area contributed by atoms with Crippen molar-refractivity contribution in [3.05, 3.63) is 0 Å². The average molecular weight is 328 g/mol. The number of amides is 1. The van der Waals surface area contributed by atoms with Gasteiger partial charge in [-0.2, -0.15) is 0 Å². The maximum absolute atomic E-state index is 12.0. The van der Waals surface area contributed by atoms with Crippen LogP contribution >= 0.6 is 0 Å². The topological polar surface area (TPSA) is 60.0 Å². The van der Waals surface area contributed by atoms with E-state index >= 15 is 0 Å². The van der Waals surface area contributed by atoms with Crippen LogP contribution in [0.3, 0.4) is 0 Å². The zero-order chi connectivity index (χ0) is 17.7. The normalized spacial score (nSPS) is 11.9. The highest BCUT2D eigenvalue weighted by Gasteiger charge is 2.09. The summed E-state index contributed by atoms with van der Waals surface area (Å²) < 4.78 is 0. The standard InChI is InChI=1S/C17H37N5O/c1-7-18-17(20-13-14-22(10-4)15(5)6)19-12-11-16(23)21(8-2)9-3/h15H,7-14H2,1-6H3,(H2,18,19,20). The van der Waals surface area contributed by atoms with Gasteiger partial charge < -0.3 is 15.5 Å². The van der Waals surface area contributed by atoms with E-state index in [4.69, 9.17) is 0 Å². The smallest absolute Gasteiger partial charge is 0.224 e. The van der Waals surface area contributed by atoms with Crippen LogP contribution in [0.5, 0.6) is 0 Å². The molecule has 0 heterocycles. The largest absolute Gasteiger partial charge is 0.357 e. The molecule has 0 fully saturated rings. The molecule has 136 valence electrons. The number of hydrogen-bond donors (Lipinski definition) is 2. The summed E-state index contributed by atoms with van der Waals surface area (Å²) in [6.45, 7) is 18.4. The lowest BCUT2D eigenvalue weighted by Gasteiger charge is -2.24. The van der Waals surface area contributed by atoms with Gasteiger partial charge in [0.05, 0.1) is 6.54 Å². The zero-order valence-electron chi connectivity index (χ0n) is 16.0. The molecule has 0 bridgehead atoms. The van der Waals surface area contributed by atoms with E-state index in [0.29, 0.717) is 19.0 Å². The van der Waals surface area contributed by atoms with Gasteiger partial charge in [-0.3, -0.25) is 14.7 Å². The first-order valence-electron chi connectivity index (χ1n) is 9.03.